The lowest BCUT2D eigenvalue weighted by molar-refractivity contribution is 1.26. The summed E-state index contributed by atoms with van der Waals surface area (Å²) in [4.78, 5) is 7.65. The van der Waals surface area contributed by atoms with Crippen LogP contribution in [-0.2, 0) is 0 Å². The van der Waals surface area contributed by atoms with Crippen LogP contribution in [0, 0.1) is 22.7 Å². The van der Waals surface area contributed by atoms with Gasteiger partial charge in [0, 0.05) is 18.0 Å². The van der Waals surface area contributed by atoms with Gasteiger partial charge in [0.1, 0.15) is 12.1 Å². The summed E-state index contributed by atoms with van der Waals surface area (Å²) in [5, 5.41) is 18.2. The first-order valence-electron chi connectivity index (χ1n) is 6.87. The summed E-state index contributed by atoms with van der Waals surface area (Å²) in [5.41, 5.74) is 2.42. The third-order valence-corrected chi connectivity index (χ3v) is 3.75. The number of hydrogen-bond acceptors (Lipinski definition) is 4. The SMILES string of the molecule is N#Cc1ncc(-c2ccccc2)cc1Cl.N#Cc1ncc(Cl)cc1Cl. The molecule has 2 aromatic heterocycles. The highest BCUT2D eigenvalue weighted by atomic mass is 35.5. The summed E-state index contributed by atoms with van der Waals surface area (Å²) >= 11 is 17.0. The van der Waals surface area contributed by atoms with Crippen LogP contribution in [0.2, 0.25) is 15.1 Å². The molecule has 25 heavy (non-hydrogen) atoms. The number of pyridine rings is 2. The second-order valence-electron chi connectivity index (χ2n) is 4.63. The van der Waals surface area contributed by atoms with E-state index in [4.69, 9.17) is 45.3 Å². The van der Waals surface area contributed by atoms with Crippen molar-refractivity contribution in [1.82, 2.24) is 9.97 Å². The van der Waals surface area contributed by atoms with Crippen LogP contribution in [0.1, 0.15) is 11.4 Å². The molecule has 0 spiro atoms. The Morgan fingerprint density at radius 1 is 0.720 bits per heavy atom. The molecule has 0 aliphatic heterocycles. The minimum Gasteiger partial charge on any atom is -0.243 e. The number of halogens is 3. The smallest absolute Gasteiger partial charge is 0.159 e. The van der Waals surface area contributed by atoms with Crippen molar-refractivity contribution in [1.29, 1.82) is 10.5 Å². The Labute approximate surface area is 159 Å². The summed E-state index contributed by atoms with van der Waals surface area (Å²) in [7, 11) is 0. The van der Waals surface area contributed by atoms with E-state index in [0.717, 1.165) is 11.1 Å². The summed E-state index contributed by atoms with van der Waals surface area (Å²) in [6, 6.07) is 16.8. The third-order valence-electron chi connectivity index (χ3n) is 2.97. The van der Waals surface area contributed by atoms with Gasteiger partial charge in [0.05, 0.1) is 15.1 Å². The molecule has 0 aliphatic rings. The van der Waals surface area contributed by atoms with Gasteiger partial charge in [-0.1, -0.05) is 65.1 Å². The van der Waals surface area contributed by atoms with E-state index >= 15 is 0 Å². The second kappa shape index (κ2) is 9.01. The number of benzene rings is 1. The van der Waals surface area contributed by atoms with Crippen LogP contribution in [0.3, 0.4) is 0 Å². The van der Waals surface area contributed by atoms with Gasteiger partial charge in [-0.05, 0) is 17.7 Å². The van der Waals surface area contributed by atoms with Crippen molar-refractivity contribution >= 4 is 34.8 Å². The van der Waals surface area contributed by atoms with Crippen LogP contribution in [0.4, 0.5) is 0 Å². The molecule has 0 N–H and O–H groups in total. The Kier molecular flexibility index (Phi) is 6.74. The molecule has 3 rings (SSSR count). The molecule has 0 saturated carbocycles. The van der Waals surface area contributed by atoms with Crippen LogP contribution < -0.4 is 0 Å². The van der Waals surface area contributed by atoms with E-state index in [0.29, 0.717) is 10.0 Å². The van der Waals surface area contributed by atoms with Gasteiger partial charge in [0.25, 0.3) is 0 Å². The normalized spacial score (nSPS) is 9.32. The van der Waals surface area contributed by atoms with Crippen molar-refractivity contribution in [3.8, 4) is 23.3 Å². The lowest BCUT2D eigenvalue weighted by atomic mass is 10.1. The second-order valence-corrected chi connectivity index (χ2v) is 5.88. The molecule has 0 unspecified atom stereocenters. The van der Waals surface area contributed by atoms with E-state index < -0.39 is 0 Å². The summed E-state index contributed by atoms with van der Waals surface area (Å²) in [5.74, 6) is 0. The molecule has 0 saturated heterocycles. The third kappa shape index (κ3) is 5.17. The molecule has 0 aliphatic carbocycles. The molecular formula is C18H9Cl3N4. The molecular weight excluding hydrogens is 379 g/mol. The zero-order valence-electron chi connectivity index (χ0n) is 12.6. The van der Waals surface area contributed by atoms with Gasteiger partial charge in [-0.3, -0.25) is 0 Å². The van der Waals surface area contributed by atoms with Crippen LogP contribution in [0.5, 0.6) is 0 Å². The van der Waals surface area contributed by atoms with Crippen molar-refractivity contribution in [3.05, 3.63) is 81.3 Å². The molecule has 1 aromatic carbocycles. The topological polar surface area (TPSA) is 73.4 Å². The number of nitrogens with zero attached hydrogens (tertiary/aromatic N) is 4. The van der Waals surface area contributed by atoms with Crippen molar-refractivity contribution in [2.45, 2.75) is 0 Å². The molecule has 0 bridgehead atoms. The lowest BCUT2D eigenvalue weighted by Crippen LogP contribution is -1.85. The largest absolute Gasteiger partial charge is 0.243 e. The lowest BCUT2D eigenvalue weighted by Gasteiger charge is -2.01. The zero-order valence-corrected chi connectivity index (χ0v) is 14.9. The van der Waals surface area contributed by atoms with E-state index in [1.807, 2.05) is 42.5 Å². The first-order valence-corrected chi connectivity index (χ1v) is 8.00. The maximum Gasteiger partial charge on any atom is 0.159 e. The van der Waals surface area contributed by atoms with Crippen molar-refractivity contribution in [3.63, 3.8) is 0 Å². The highest BCUT2D eigenvalue weighted by Crippen LogP contribution is 2.23. The van der Waals surface area contributed by atoms with E-state index in [2.05, 4.69) is 9.97 Å². The summed E-state index contributed by atoms with van der Waals surface area (Å²) < 4.78 is 0. The average Bonchev–Trinajstić information content (AvgIpc) is 2.63. The van der Waals surface area contributed by atoms with Gasteiger partial charge in [-0.25, -0.2) is 9.97 Å². The minimum absolute atomic E-state index is 0.200. The molecule has 2 heterocycles. The van der Waals surface area contributed by atoms with Crippen LogP contribution in [0.15, 0.2) is 54.9 Å². The molecule has 0 amide bonds. The maximum atomic E-state index is 8.68. The van der Waals surface area contributed by atoms with Crippen molar-refractivity contribution < 1.29 is 0 Å². The fourth-order valence-electron chi connectivity index (χ4n) is 1.81. The number of hydrogen-bond donors (Lipinski definition) is 0. The fourth-order valence-corrected chi connectivity index (χ4v) is 2.44. The number of aromatic nitrogens is 2. The van der Waals surface area contributed by atoms with Gasteiger partial charge in [0.2, 0.25) is 0 Å². The van der Waals surface area contributed by atoms with Crippen molar-refractivity contribution in [2.24, 2.45) is 0 Å². The predicted molar refractivity (Wildman–Crippen MR) is 98.4 cm³/mol. The number of nitriles is 2. The van der Waals surface area contributed by atoms with E-state index in [1.54, 1.807) is 12.3 Å². The van der Waals surface area contributed by atoms with Gasteiger partial charge >= 0.3 is 0 Å². The zero-order chi connectivity index (χ0) is 18.2. The standard InChI is InChI=1S/C12H7ClN2.C6H2Cl2N2/c13-11-6-10(8-15-12(11)7-14)9-4-2-1-3-5-9;7-4-1-5(8)6(2-9)10-3-4/h1-6,8H;1,3H. The molecule has 4 nitrogen and oxygen atoms in total. The maximum absolute atomic E-state index is 8.68. The van der Waals surface area contributed by atoms with Gasteiger partial charge < -0.3 is 0 Å². The first kappa shape index (κ1) is 18.7. The molecule has 3 aromatic rings. The van der Waals surface area contributed by atoms with Crippen LogP contribution >= 0.6 is 34.8 Å². The molecule has 0 atom stereocenters. The Bertz CT molecular complexity index is 960. The monoisotopic (exact) mass is 386 g/mol. The van der Waals surface area contributed by atoms with E-state index in [-0.39, 0.29) is 16.4 Å². The highest BCUT2D eigenvalue weighted by molar-refractivity contribution is 6.35. The van der Waals surface area contributed by atoms with Gasteiger partial charge in [-0.2, -0.15) is 10.5 Å². The van der Waals surface area contributed by atoms with Crippen LogP contribution in [0.25, 0.3) is 11.1 Å². The number of rotatable bonds is 1. The highest BCUT2D eigenvalue weighted by Gasteiger charge is 2.03. The Balaban J connectivity index is 0.000000196. The Hall–Kier alpha value is -2.63. The predicted octanol–water partition coefficient (Wildman–Crippen LogP) is 5.53. The Morgan fingerprint density at radius 3 is 1.80 bits per heavy atom. The summed E-state index contributed by atoms with van der Waals surface area (Å²) in [6.07, 6.45) is 3.03. The van der Waals surface area contributed by atoms with Crippen molar-refractivity contribution in [2.75, 3.05) is 0 Å². The molecule has 0 fully saturated rings. The van der Waals surface area contributed by atoms with Gasteiger partial charge in [0.15, 0.2) is 11.4 Å². The molecule has 122 valence electrons. The first-order chi connectivity index (χ1) is 12.0. The van der Waals surface area contributed by atoms with Gasteiger partial charge in [-0.15, -0.1) is 0 Å². The fraction of sp³-hybridized carbons (Fsp3) is 0. The van der Waals surface area contributed by atoms with E-state index in [1.165, 1.54) is 12.3 Å². The molecule has 7 heteroatoms. The Morgan fingerprint density at radius 2 is 1.28 bits per heavy atom. The molecule has 0 radical (unpaired) electrons. The van der Waals surface area contributed by atoms with Crippen LogP contribution in [-0.4, -0.2) is 9.97 Å². The quantitative estimate of drug-likeness (QED) is 0.550. The minimum atomic E-state index is 0.200. The summed E-state index contributed by atoms with van der Waals surface area (Å²) in [6.45, 7) is 0. The average molecular weight is 388 g/mol. The van der Waals surface area contributed by atoms with E-state index in [9.17, 15) is 0 Å².